The van der Waals surface area contributed by atoms with Crippen LogP contribution in [0.4, 0.5) is 0 Å². The average Bonchev–Trinajstić information content (AvgIpc) is 2.66. The van der Waals surface area contributed by atoms with Gasteiger partial charge in [0.05, 0.1) is 0 Å². The largest absolute Gasteiger partial charge is 0.369 e. The topological polar surface area (TPSA) is 74.0 Å². The zero-order chi connectivity index (χ0) is 19.6. The number of hydrogen-bond donors (Lipinski definition) is 2. The van der Waals surface area contributed by atoms with Gasteiger partial charge in [-0.15, -0.1) is 0 Å². The van der Waals surface area contributed by atoms with E-state index in [0.29, 0.717) is 0 Å². The molecule has 1 saturated heterocycles. The zero-order valence-electron chi connectivity index (χ0n) is 16.5. The number of likely N-dealkylation sites (tertiary alicyclic amines) is 1. The van der Waals surface area contributed by atoms with Gasteiger partial charge in [0.25, 0.3) is 0 Å². The Morgan fingerprint density at radius 2 is 1.96 bits per heavy atom. The summed E-state index contributed by atoms with van der Waals surface area (Å²) in [5.41, 5.74) is 6.58. The first-order valence-corrected chi connectivity index (χ1v) is 10.0. The Hall–Kier alpha value is -1.79. The van der Waals surface area contributed by atoms with Crippen molar-refractivity contribution in [3.8, 4) is 0 Å². The Morgan fingerprint density at radius 3 is 2.56 bits per heavy atom. The molecule has 0 aromatic heterocycles. The molecule has 27 heavy (non-hydrogen) atoms. The van der Waals surface area contributed by atoms with Crippen LogP contribution in [-0.2, 0) is 11.3 Å². The van der Waals surface area contributed by atoms with E-state index in [1.54, 1.807) is 0 Å². The van der Waals surface area contributed by atoms with E-state index in [1.807, 2.05) is 38.4 Å². The lowest BCUT2D eigenvalue weighted by atomic mass is 9.96. The molecule has 0 aliphatic carbocycles. The normalized spacial score (nSPS) is 16.3. The highest BCUT2D eigenvalue weighted by atomic mass is 35.5. The Labute approximate surface area is 167 Å². The van der Waals surface area contributed by atoms with E-state index >= 15 is 0 Å². The summed E-state index contributed by atoms with van der Waals surface area (Å²) < 4.78 is 0. The van der Waals surface area contributed by atoms with Crippen LogP contribution in [0.25, 0.3) is 0 Å². The second-order valence-electron chi connectivity index (χ2n) is 7.18. The number of carbonyl (C=O) groups excluding carboxylic acids is 1. The van der Waals surface area contributed by atoms with Gasteiger partial charge in [-0.1, -0.05) is 23.7 Å². The Kier molecular flexibility index (Phi) is 8.88. The number of rotatable bonds is 8. The lowest BCUT2D eigenvalue weighted by molar-refractivity contribution is -0.123. The van der Waals surface area contributed by atoms with Crippen molar-refractivity contribution in [3.05, 3.63) is 34.9 Å². The van der Waals surface area contributed by atoms with Gasteiger partial charge in [0.1, 0.15) is 0 Å². The fourth-order valence-electron chi connectivity index (χ4n) is 3.42. The maximum Gasteiger partial charge on any atom is 0.220 e. The van der Waals surface area contributed by atoms with E-state index in [2.05, 4.69) is 20.1 Å². The van der Waals surface area contributed by atoms with Crippen molar-refractivity contribution in [2.75, 3.05) is 40.3 Å². The number of halogens is 1. The summed E-state index contributed by atoms with van der Waals surface area (Å²) >= 11 is 5.94. The van der Waals surface area contributed by atoms with Gasteiger partial charge >= 0.3 is 0 Å². The summed E-state index contributed by atoms with van der Waals surface area (Å²) in [7, 11) is 3.84. The van der Waals surface area contributed by atoms with Gasteiger partial charge in [-0.3, -0.25) is 9.79 Å². The summed E-state index contributed by atoms with van der Waals surface area (Å²) in [6.45, 7) is 4.71. The number of benzene rings is 1. The van der Waals surface area contributed by atoms with Crippen LogP contribution in [0.1, 0.15) is 31.2 Å². The van der Waals surface area contributed by atoms with E-state index in [-0.39, 0.29) is 11.8 Å². The number of carbonyl (C=O) groups is 1. The molecule has 150 valence electrons. The van der Waals surface area contributed by atoms with Gasteiger partial charge in [0.2, 0.25) is 5.91 Å². The molecule has 0 atom stereocenters. The molecular formula is C20H32ClN5O. The second kappa shape index (κ2) is 11.1. The van der Waals surface area contributed by atoms with Crippen LogP contribution in [0.15, 0.2) is 29.3 Å². The minimum Gasteiger partial charge on any atom is -0.369 e. The monoisotopic (exact) mass is 393 g/mol. The molecule has 1 heterocycles. The van der Waals surface area contributed by atoms with Gasteiger partial charge < -0.3 is 20.9 Å². The number of nitrogens with two attached hydrogens (primary N) is 1. The van der Waals surface area contributed by atoms with Crippen molar-refractivity contribution in [2.24, 2.45) is 16.6 Å². The standard InChI is InChI=1S/C20H32ClN5O/c1-23-20(25(2)15-16-5-7-18(21)8-6-16)24-11-3-4-12-26-13-9-17(10-14-26)19(22)27/h5-8,17H,3-4,9-15H2,1-2H3,(H2,22,27)(H,23,24). The van der Waals surface area contributed by atoms with Crippen LogP contribution in [0.2, 0.25) is 5.02 Å². The number of nitrogens with one attached hydrogen (secondary N) is 1. The molecule has 1 aliphatic rings. The first kappa shape index (κ1) is 21.5. The molecule has 7 heteroatoms. The smallest absolute Gasteiger partial charge is 0.220 e. The minimum absolute atomic E-state index is 0.0717. The first-order chi connectivity index (χ1) is 13.0. The molecule has 0 unspecified atom stereocenters. The average molecular weight is 394 g/mol. The molecule has 1 fully saturated rings. The highest BCUT2D eigenvalue weighted by molar-refractivity contribution is 6.30. The van der Waals surface area contributed by atoms with Crippen molar-refractivity contribution >= 4 is 23.5 Å². The van der Waals surface area contributed by atoms with Crippen molar-refractivity contribution < 1.29 is 4.79 Å². The van der Waals surface area contributed by atoms with Crippen LogP contribution in [0.3, 0.4) is 0 Å². The van der Waals surface area contributed by atoms with Crippen LogP contribution in [-0.4, -0.2) is 61.9 Å². The van der Waals surface area contributed by atoms with Gasteiger partial charge in [0, 0.05) is 38.1 Å². The van der Waals surface area contributed by atoms with Crippen LogP contribution < -0.4 is 11.1 Å². The summed E-state index contributed by atoms with van der Waals surface area (Å²) in [6.07, 6.45) is 4.01. The Bertz CT molecular complexity index is 611. The summed E-state index contributed by atoms with van der Waals surface area (Å²) in [6, 6.07) is 7.89. The number of nitrogens with zero attached hydrogens (tertiary/aromatic N) is 3. The molecule has 1 amide bonds. The van der Waals surface area contributed by atoms with Gasteiger partial charge in [0.15, 0.2) is 5.96 Å². The van der Waals surface area contributed by atoms with Gasteiger partial charge in [-0.05, 0) is 63.0 Å². The molecule has 6 nitrogen and oxygen atoms in total. The number of amides is 1. The number of hydrogen-bond acceptors (Lipinski definition) is 3. The third-order valence-corrected chi connectivity index (χ3v) is 5.33. The molecule has 0 bridgehead atoms. The number of aliphatic imine (C=N–C) groups is 1. The maximum absolute atomic E-state index is 11.2. The molecule has 0 saturated carbocycles. The van der Waals surface area contributed by atoms with E-state index in [0.717, 1.165) is 69.4 Å². The molecule has 2 rings (SSSR count). The molecular weight excluding hydrogens is 362 g/mol. The predicted octanol–water partition coefficient (Wildman–Crippen LogP) is 2.32. The summed E-state index contributed by atoms with van der Waals surface area (Å²) in [5.74, 6) is 0.822. The second-order valence-corrected chi connectivity index (χ2v) is 7.62. The maximum atomic E-state index is 11.2. The molecule has 1 aliphatic heterocycles. The van der Waals surface area contributed by atoms with Crippen LogP contribution in [0.5, 0.6) is 0 Å². The third-order valence-electron chi connectivity index (χ3n) is 5.08. The number of unbranched alkanes of at least 4 members (excludes halogenated alkanes) is 1. The number of guanidine groups is 1. The van der Waals surface area contributed by atoms with Crippen LogP contribution >= 0.6 is 11.6 Å². The molecule has 3 N–H and O–H groups in total. The van der Waals surface area contributed by atoms with E-state index in [4.69, 9.17) is 17.3 Å². The summed E-state index contributed by atoms with van der Waals surface area (Å²) in [4.78, 5) is 20.1. The van der Waals surface area contributed by atoms with E-state index in [9.17, 15) is 4.79 Å². The molecule has 1 aromatic rings. The van der Waals surface area contributed by atoms with Crippen molar-refractivity contribution in [2.45, 2.75) is 32.2 Å². The molecule has 0 spiro atoms. The van der Waals surface area contributed by atoms with Crippen molar-refractivity contribution in [1.29, 1.82) is 0 Å². The van der Waals surface area contributed by atoms with Crippen molar-refractivity contribution in [3.63, 3.8) is 0 Å². The minimum atomic E-state index is -0.145. The fraction of sp³-hybridized carbons (Fsp3) is 0.600. The van der Waals surface area contributed by atoms with E-state index in [1.165, 1.54) is 5.56 Å². The van der Waals surface area contributed by atoms with Gasteiger partial charge in [-0.2, -0.15) is 0 Å². The third kappa shape index (κ3) is 7.39. The highest BCUT2D eigenvalue weighted by Gasteiger charge is 2.22. The van der Waals surface area contributed by atoms with Crippen LogP contribution in [0, 0.1) is 5.92 Å². The van der Waals surface area contributed by atoms with Crippen molar-refractivity contribution in [1.82, 2.24) is 15.1 Å². The fourth-order valence-corrected chi connectivity index (χ4v) is 3.55. The first-order valence-electron chi connectivity index (χ1n) is 9.67. The van der Waals surface area contributed by atoms with E-state index < -0.39 is 0 Å². The lowest BCUT2D eigenvalue weighted by Gasteiger charge is -2.30. The number of primary amides is 1. The SMILES string of the molecule is CN=C(NCCCCN1CCC(C(N)=O)CC1)N(C)Cc1ccc(Cl)cc1. The lowest BCUT2D eigenvalue weighted by Crippen LogP contribution is -2.40. The Morgan fingerprint density at radius 1 is 1.30 bits per heavy atom. The predicted molar refractivity (Wildman–Crippen MR) is 112 cm³/mol. The molecule has 1 aromatic carbocycles. The Balaban J connectivity index is 1.62. The zero-order valence-corrected chi connectivity index (χ0v) is 17.2. The molecule has 0 radical (unpaired) electrons. The summed E-state index contributed by atoms with van der Waals surface area (Å²) in [5, 5.41) is 4.18. The highest BCUT2D eigenvalue weighted by Crippen LogP contribution is 2.16. The van der Waals surface area contributed by atoms with Gasteiger partial charge in [-0.25, -0.2) is 0 Å². The number of piperidine rings is 1. The quantitative estimate of drug-likeness (QED) is 0.404.